The van der Waals surface area contributed by atoms with Gasteiger partial charge in [-0.1, -0.05) is 25.1 Å². The van der Waals surface area contributed by atoms with E-state index in [9.17, 15) is 14.7 Å². The number of aliphatic carboxylic acids is 1. The van der Waals surface area contributed by atoms with E-state index in [4.69, 9.17) is 10.8 Å². The number of hydrogen-bond acceptors (Lipinski definition) is 5. The second kappa shape index (κ2) is 9.66. The molecule has 1 aromatic carbocycles. The summed E-state index contributed by atoms with van der Waals surface area (Å²) < 4.78 is 0. The number of hydrogen-bond donors (Lipinski definition) is 3. The number of benzene rings is 1. The number of rotatable bonds is 9. The van der Waals surface area contributed by atoms with E-state index in [1.807, 2.05) is 32.0 Å². The van der Waals surface area contributed by atoms with E-state index < -0.39 is 12.0 Å². The second-order valence-corrected chi connectivity index (χ2v) is 6.72. The monoisotopic (exact) mass is 354 g/mol. The topological polar surface area (TPSA) is 104 Å². The van der Waals surface area contributed by atoms with Crippen LogP contribution in [-0.4, -0.2) is 52.3 Å². The van der Waals surface area contributed by atoms with Gasteiger partial charge in [-0.2, -0.15) is 0 Å². The van der Waals surface area contributed by atoms with Crippen molar-refractivity contribution in [2.24, 2.45) is 5.73 Å². The number of carbonyl (C=O) groups is 2. The zero-order chi connectivity index (χ0) is 18.3. The standard InChI is InChI=1S/C17H26N2O4S/c1-4-13-7-5-6-11(2)16(13)19(12(3)8-20)15(21)10-24-9-14(18)17(22)23/h5-7,12,14,20H,4,8-10,18H2,1-3H3,(H,22,23)/t12-,14-/m0/s1. The van der Waals surface area contributed by atoms with Crippen LogP contribution in [0.4, 0.5) is 5.69 Å². The van der Waals surface area contributed by atoms with Crippen LogP contribution in [0.3, 0.4) is 0 Å². The van der Waals surface area contributed by atoms with Crippen LogP contribution >= 0.6 is 11.8 Å². The first-order valence-corrected chi connectivity index (χ1v) is 9.06. The van der Waals surface area contributed by atoms with Crippen molar-refractivity contribution in [1.82, 2.24) is 0 Å². The molecule has 0 fully saturated rings. The van der Waals surface area contributed by atoms with Crippen LogP contribution in [0.15, 0.2) is 18.2 Å². The highest BCUT2D eigenvalue weighted by Crippen LogP contribution is 2.28. The SMILES string of the molecule is CCc1cccc(C)c1N(C(=O)CSC[C@H](N)C(=O)O)[C@@H](C)CO. The molecule has 0 aromatic heterocycles. The van der Waals surface area contributed by atoms with Crippen LogP contribution in [0.2, 0.25) is 0 Å². The molecule has 0 saturated heterocycles. The molecular weight excluding hydrogens is 328 g/mol. The Morgan fingerprint density at radius 3 is 2.58 bits per heavy atom. The highest BCUT2D eigenvalue weighted by Gasteiger charge is 2.25. The lowest BCUT2D eigenvalue weighted by Gasteiger charge is -2.31. The molecule has 7 heteroatoms. The molecule has 0 aliphatic heterocycles. The van der Waals surface area contributed by atoms with E-state index >= 15 is 0 Å². The number of nitrogens with two attached hydrogens (primary N) is 1. The van der Waals surface area contributed by atoms with Crippen molar-refractivity contribution in [3.05, 3.63) is 29.3 Å². The number of nitrogens with zero attached hydrogens (tertiary/aromatic N) is 1. The van der Waals surface area contributed by atoms with Crippen LogP contribution < -0.4 is 10.6 Å². The van der Waals surface area contributed by atoms with Crippen LogP contribution in [0, 0.1) is 6.92 Å². The average Bonchev–Trinajstić information content (AvgIpc) is 2.55. The number of amides is 1. The van der Waals surface area contributed by atoms with Crippen LogP contribution in [-0.2, 0) is 16.0 Å². The van der Waals surface area contributed by atoms with Crippen molar-refractivity contribution in [1.29, 1.82) is 0 Å². The number of carboxylic acid groups (broad SMARTS) is 1. The third-order valence-corrected chi connectivity index (χ3v) is 4.80. The molecule has 0 heterocycles. The summed E-state index contributed by atoms with van der Waals surface area (Å²) >= 11 is 1.19. The maximum Gasteiger partial charge on any atom is 0.321 e. The van der Waals surface area contributed by atoms with Crippen LogP contribution in [0.1, 0.15) is 25.0 Å². The predicted molar refractivity (Wildman–Crippen MR) is 97.5 cm³/mol. The highest BCUT2D eigenvalue weighted by atomic mass is 32.2. The van der Waals surface area contributed by atoms with Gasteiger partial charge < -0.3 is 20.8 Å². The van der Waals surface area contributed by atoms with E-state index in [1.54, 1.807) is 11.8 Å². The number of carboxylic acids is 1. The fourth-order valence-corrected chi connectivity index (χ4v) is 3.26. The van der Waals surface area contributed by atoms with Gasteiger partial charge in [0.05, 0.1) is 24.1 Å². The van der Waals surface area contributed by atoms with Gasteiger partial charge in [-0.15, -0.1) is 11.8 Å². The van der Waals surface area contributed by atoms with E-state index in [0.29, 0.717) is 0 Å². The minimum Gasteiger partial charge on any atom is -0.480 e. The van der Waals surface area contributed by atoms with Gasteiger partial charge in [0.15, 0.2) is 0 Å². The Hall–Kier alpha value is -1.57. The lowest BCUT2D eigenvalue weighted by Crippen LogP contribution is -2.43. The van der Waals surface area contributed by atoms with E-state index in [0.717, 1.165) is 23.2 Å². The molecule has 6 nitrogen and oxygen atoms in total. The molecule has 2 atom stereocenters. The number of carbonyl (C=O) groups excluding carboxylic acids is 1. The molecule has 1 amide bonds. The lowest BCUT2D eigenvalue weighted by molar-refractivity contribution is -0.137. The molecule has 1 rings (SSSR count). The van der Waals surface area contributed by atoms with Gasteiger partial charge in [0.2, 0.25) is 5.91 Å². The fraction of sp³-hybridized carbons (Fsp3) is 0.529. The summed E-state index contributed by atoms with van der Waals surface area (Å²) in [6.07, 6.45) is 0.774. The quantitative estimate of drug-likeness (QED) is 0.619. The third-order valence-electron chi connectivity index (χ3n) is 3.76. The van der Waals surface area contributed by atoms with Gasteiger partial charge in [-0.05, 0) is 31.4 Å². The smallest absolute Gasteiger partial charge is 0.321 e. The first kappa shape index (κ1) is 20.5. The summed E-state index contributed by atoms with van der Waals surface area (Å²) in [5.41, 5.74) is 8.29. The molecule has 0 aliphatic carbocycles. The first-order chi connectivity index (χ1) is 11.3. The summed E-state index contributed by atoms with van der Waals surface area (Å²) in [6.45, 7) is 5.59. The Morgan fingerprint density at radius 1 is 1.38 bits per heavy atom. The number of thioether (sulfide) groups is 1. The maximum atomic E-state index is 12.7. The summed E-state index contributed by atoms with van der Waals surface area (Å²) in [5, 5.41) is 18.4. The average molecular weight is 354 g/mol. The lowest BCUT2D eigenvalue weighted by atomic mass is 10.0. The molecule has 4 N–H and O–H groups in total. The van der Waals surface area contributed by atoms with Crippen molar-refractivity contribution in [3.63, 3.8) is 0 Å². The first-order valence-electron chi connectivity index (χ1n) is 7.90. The van der Waals surface area contributed by atoms with Crippen LogP contribution in [0.5, 0.6) is 0 Å². The van der Waals surface area contributed by atoms with Crippen molar-refractivity contribution in [2.75, 3.05) is 23.0 Å². The van der Waals surface area contributed by atoms with Crippen molar-refractivity contribution in [2.45, 2.75) is 39.3 Å². The summed E-state index contributed by atoms with van der Waals surface area (Å²) in [7, 11) is 0. The molecule has 1 aromatic rings. The van der Waals surface area contributed by atoms with Gasteiger partial charge in [0, 0.05) is 5.75 Å². The summed E-state index contributed by atoms with van der Waals surface area (Å²) in [6, 6.07) is 4.51. The van der Waals surface area contributed by atoms with Crippen molar-refractivity contribution >= 4 is 29.3 Å². The number of aliphatic hydroxyl groups excluding tert-OH is 1. The van der Waals surface area contributed by atoms with Crippen LogP contribution in [0.25, 0.3) is 0 Å². The number of anilines is 1. The fourth-order valence-electron chi connectivity index (χ4n) is 2.44. The van der Waals surface area contributed by atoms with Gasteiger partial charge in [-0.25, -0.2) is 0 Å². The van der Waals surface area contributed by atoms with E-state index in [2.05, 4.69) is 0 Å². The van der Waals surface area contributed by atoms with Gasteiger partial charge >= 0.3 is 5.97 Å². The zero-order valence-corrected chi connectivity index (χ0v) is 15.2. The zero-order valence-electron chi connectivity index (χ0n) is 14.4. The third kappa shape index (κ3) is 5.22. The Bertz CT molecular complexity index is 580. The molecule has 0 aliphatic rings. The molecular formula is C17H26N2O4S. The van der Waals surface area contributed by atoms with Crippen molar-refractivity contribution < 1.29 is 19.8 Å². The normalized spacial score (nSPS) is 13.4. The molecule has 0 spiro atoms. The summed E-state index contributed by atoms with van der Waals surface area (Å²) in [4.78, 5) is 25.1. The minimum absolute atomic E-state index is 0.114. The molecule has 0 saturated carbocycles. The Balaban J connectivity index is 2.98. The highest BCUT2D eigenvalue weighted by molar-refractivity contribution is 8.00. The minimum atomic E-state index is -1.08. The van der Waals surface area contributed by atoms with Gasteiger partial charge in [0.1, 0.15) is 6.04 Å². The van der Waals surface area contributed by atoms with Gasteiger partial charge in [-0.3, -0.25) is 9.59 Å². The van der Waals surface area contributed by atoms with E-state index in [-0.39, 0.29) is 30.1 Å². The second-order valence-electron chi connectivity index (χ2n) is 5.69. The molecule has 0 unspecified atom stereocenters. The molecule has 0 bridgehead atoms. The number of para-hydroxylation sites is 1. The Labute approximate surface area is 147 Å². The molecule has 24 heavy (non-hydrogen) atoms. The Kier molecular flexibility index (Phi) is 8.24. The largest absolute Gasteiger partial charge is 0.480 e. The summed E-state index contributed by atoms with van der Waals surface area (Å²) in [5.74, 6) is -0.967. The van der Waals surface area contributed by atoms with E-state index in [1.165, 1.54) is 11.8 Å². The number of aryl methyl sites for hydroxylation is 2. The van der Waals surface area contributed by atoms with Gasteiger partial charge in [0.25, 0.3) is 0 Å². The maximum absolute atomic E-state index is 12.7. The molecule has 134 valence electrons. The predicted octanol–water partition coefficient (Wildman–Crippen LogP) is 1.42. The Morgan fingerprint density at radius 2 is 2.04 bits per heavy atom. The number of aliphatic hydroxyl groups is 1. The molecule has 0 radical (unpaired) electrons. The van der Waals surface area contributed by atoms with Crippen molar-refractivity contribution in [3.8, 4) is 0 Å².